The average Bonchev–Trinajstić information content (AvgIpc) is 2.78. The number of hydrogen-bond acceptors (Lipinski definition) is 4. The summed E-state index contributed by atoms with van der Waals surface area (Å²) in [5.41, 5.74) is 0.492. The molecule has 1 aromatic heterocycles. The Morgan fingerprint density at radius 2 is 2.16 bits per heavy atom. The van der Waals surface area contributed by atoms with E-state index in [4.69, 9.17) is 16.3 Å². The van der Waals surface area contributed by atoms with Crippen LogP contribution >= 0.6 is 11.6 Å². The number of halogens is 1. The maximum absolute atomic E-state index is 12.2. The number of methoxy groups -OCH3 is 1. The number of rotatable bonds is 9. The van der Waals surface area contributed by atoms with E-state index in [-0.39, 0.29) is 5.78 Å². The van der Waals surface area contributed by atoms with Gasteiger partial charge in [0.2, 0.25) is 0 Å². The van der Waals surface area contributed by atoms with Gasteiger partial charge in [-0.3, -0.25) is 9.48 Å². The molecule has 0 saturated heterocycles. The SMILES string of the molecule is CCN(CC)CCC(=O)c1c(Cl)cnn1CCOC. The summed E-state index contributed by atoms with van der Waals surface area (Å²) in [7, 11) is 1.62. The van der Waals surface area contributed by atoms with Crippen LogP contribution in [-0.2, 0) is 11.3 Å². The number of nitrogens with zero attached hydrogens (tertiary/aromatic N) is 3. The first-order valence-electron chi connectivity index (χ1n) is 6.59. The standard InChI is InChI=1S/C13H22ClN3O2/c1-4-16(5-2)7-6-12(18)13-11(14)10-15-17(13)8-9-19-3/h10H,4-9H2,1-3H3. The number of carbonyl (C=O) groups excluding carboxylic acids is 1. The fraction of sp³-hybridized carbons (Fsp3) is 0.692. The van der Waals surface area contributed by atoms with E-state index in [2.05, 4.69) is 23.8 Å². The van der Waals surface area contributed by atoms with Gasteiger partial charge in [-0.2, -0.15) is 5.10 Å². The normalized spacial score (nSPS) is 11.2. The van der Waals surface area contributed by atoms with Crippen molar-refractivity contribution in [2.24, 2.45) is 0 Å². The van der Waals surface area contributed by atoms with Crippen LogP contribution in [-0.4, -0.2) is 53.8 Å². The van der Waals surface area contributed by atoms with Gasteiger partial charge >= 0.3 is 0 Å². The van der Waals surface area contributed by atoms with Crippen LogP contribution in [0.2, 0.25) is 5.02 Å². The number of aromatic nitrogens is 2. The second-order valence-electron chi connectivity index (χ2n) is 4.26. The highest BCUT2D eigenvalue weighted by molar-refractivity contribution is 6.33. The zero-order valence-electron chi connectivity index (χ0n) is 11.9. The second-order valence-corrected chi connectivity index (χ2v) is 4.66. The van der Waals surface area contributed by atoms with Crippen LogP contribution in [0.15, 0.2) is 6.20 Å². The maximum Gasteiger partial charge on any atom is 0.183 e. The lowest BCUT2D eigenvalue weighted by molar-refractivity contribution is 0.0952. The van der Waals surface area contributed by atoms with Gasteiger partial charge in [0.05, 0.1) is 24.4 Å². The zero-order chi connectivity index (χ0) is 14.3. The first-order chi connectivity index (χ1) is 9.13. The second kappa shape index (κ2) is 8.30. The summed E-state index contributed by atoms with van der Waals surface area (Å²) in [6.07, 6.45) is 1.97. The van der Waals surface area contributed by atoms with E-state index in [1.54, 1.807) is 11.8 Å². The minimum Gasteiger partial charge on any atom is -0.383 e. The fourth-order valence-corrected chi connectivity index (χ4v) is 2.15. The molecule has 1 aromatic rings. The Labute approximate surface area is 119 Å². The predicted molar refractivity (Wildman–Crippen MR) is 75.8 cm³/mol. The smallest absolute Gasteiger partial charge is 0.183 e. The quantitative estimate of drug-likeness (QED) is 0.653. The number of ether oxygens (including phenoxy) is 1. The monoisotopic (exact) mass is 287 g/mol. The molecule has 5 nitrogen and oxygen atoms in total. The maximum atomic E-state index is 12.2. The largest absolute Gasteiger partial charge is 0.383 e. The van der Waals surface area contributed by atoms with Crippen molar-refractivity contribution < 1.29 is 9.53 Å². The molecule has 0 aromatic carbocycles. The van der Waals surface area contributed by atoms with Gasteiger partial charge in [-0.15, -0.1) is 0 Å². The predicted octanol–water partition coefficient (Wildman–Crippen LogP) is 2.10. The average molecular weight is 288 g/mol. The topological polar surface area (TPSA) is 47.4 Å². The summed E-state index contributed by atoms with van der Waals surface area (Å²) in [6.45, 7) is 7.86. The van der Waals surface area contributed by atoms with Crippen molar-refractivity contribution in [1.29, 1.82) is 0 Å². The molecular weight excluding hydrogens is 266 g/mol. The molecular formula is C13H22ClN3O2. The van der Waals surface area contributed by atoms with E-state index in [1.165, 1.54) is 6.20 Å². The van der Waals surface area contributed by atoms with Crippen molar-refractivity contribution in [3.8, 4) is 0 Å². The molecule has 0 radical (unpaired) electrons. The van der Waals surface area contributed by atoms with Gasteiger partial charge in [-0.05, 0) is 13.1 Å². The van der Waals surface area contributed by atoms with Crippen molar-refractivity contribution in [2.45, 2.75) is 26.8 Å². The van der Waals surface area contributed by atoms with E-state index >= 15 is 0 Å². The van der Waals surface area contributed by atoms with Gasteiger partial charge in [0.1, 0.15) is 5.69 Å². The molecule has 0 bridgehead atoms. The molecule has 0 unspecified atom stereocenters. The Hall–Kier alpha value is -0.910. The first kappa shape index (κ1) is 16.1. The third kappa shape index (κ3) is 4.60. The van der Waals surface area contributed by atoms with Gasteiger partial charge in [0, 0.05) is 20.1 Å². The van der Waals surface area contributed by atoms with E-state index in [0.717, 1.165) is 19.6 Å². The molecule has 19 heavy (non-hydrogen) atoms. The molecule has 0 saturated carbocycles. The molecule has 0 spiro atoms. The van der Waals surface area contributed by atoms with Crippen LogP contribution in [0.4, 0.5) is 0 Å². The molecule has 108 valence electrons. The Morgan fingerprint density at radius 1 is 1.47 bits per heavy atom. The zero-order valence-corrected chi connectivity index (χ0v) is 12.6. The minimum absolute atomic E-state index is 0.0329. The molecule has 0 aliphatic heterocycles. The summed E-state index contributed by atoms with van der Waals surface area (Å²) in [5.74, 6) is 0.0329. The molecule has 6 heteroatoms. The van der Waals surface area contributed by atoms with Crippen LogP contribution in [0.25, 0.3) is 0 Å². The lowest BCUT2D eigenvalue weighted by Gasteiger charge is -2.17. The van der Waals surface area contributed by atoms with Crippen LogP contribution < -0.4 is 0 Å². The molecule has 1 heterocycles. The highest BCUT2D eigenvalue weighted by Gasteiger charge is 2.17. The summed E-state index contributed by atoms with van der Waals surface area (Å²) in [5, 5.41) is 4.53. The Morgan fingerprint density at radius 3 is 2.74 bits per heavy atom. The third-order valence-electron chi connectivity index (χ3n) is 3.12. The molecule has 0 fully saturated rings. The Kier molecular flexibility index (Phi) is 7.05. The van der Waals surface area contributed by atoms with E-state index in [0.29, 0.717) is 30.3 Å². The van der Waals surface area contributed by atoms with Crippen LogP contribution in [0.5, 0.6) is 0 Å². The van der Waals surface area contributed by atoms with Gasteiger partial charge < -0.3 is 9.64 Å². The van der Waals surface area contributed by atoms with Gasteiger partial charge in [-0.1, -0.05) is 25.4 Å². The van der Waals surface area contributed by atoms with Crippen LogP contribution in [0, 0.1) is 0 Å². The van der Waals surface area contributed by atoms with Crippen LogP contribution in [0.3, 0.4) is 0 Å². The van der Waals surface area contributed by atoms with Crippen molar-refractivity contribution in [3.63, 3.8) is 0 Å². The number of carbonyl (C=O) groups is 1. The fourth-order valence-electron chi connectivity index (χ4n) is 1.90. The summed E-state index contributed by atoms with van der Waals surface area (Å²) in [6, 6.07) is 0. The molecule has 0 aliphatic carbocycles. The molecule has 0 atom stereocenters. The summed E-state index contributed by atoms with van der Waals surface area (Å²) < 4.78 is 6.62. The highest BCUT2D eigenvalue weighted by atomic mass is 35.5. The number of ketones is 1. The lowest BCUT2D eigenvalue weighted by atomic mass is 10.2. The molecule has 1 rings (SSSR count). The molecule has 0 aliphatic rings. The minimum atomic E-state index is 0.0329. The van der Waals surface area contributed by atoms with Crippen molar-refractivity contribution in [1.82, 2.24) is 14.7 Å². The Bertz CT molecular complexity index is 403. The Balaban J connectivity index is 2.67. The van der Waals surface area contributed by atoms with Crippen molar-refractivity contribution in [3.05, 3.63) is 16.9 Å². The van der Waals surface area contributed by atoms with Gasteiger partial charge in [0.25, 0.3) is 0 Å². The first-order valence-corrected chi connectivity index (χ1v) is 6.97. The summed E-state index contributed by atoms with van der Waals surface area (Å²) in [4.78, 5) is 14.4. The molecule has 0 amide bonds. The third-order valence-corrected chi connectivity index (χ3v) is 3.39. The summed E-state index contributed by atoms with van der Waals surface area (Å²) >= 11 is 6.04. The molecule has 0 N–H and O–H groups in total. The van der Waals surface area contributed by atoms with Gasteiger partial charge in [0.15, 0.2) is 5.78 Å². The highest BCUT2D eigenvalue weighted by Crippen LogP contribution is 2.17. The number of hydrogen-bond donors (Lipinski definition) is 0. The van der Waals surface area contributed by atoms with Crippen LogP contribution in [0.1, 0.15) is 30.8 Å². The van der Waals surface area contributed by atoms with E-state index in [1.807, 2.05) is 0 Å². The number of Topliss-reactive ketones (excluding diaryl/α,β-unsaturated/α-hetero) is 1. The lowest BCUT2D eigenvalue weighted by Crippen LogP contribution is -2.26. The van der Waals surface area contributed by atoms with E-state index < -0.39 is 0 Å². The van der Waals surface area contributed by atoms with E-state index in [9.17, 15) is 4.79 Å². The van der Waals surface area contributed by atoms with Crippen molar-refractivity contribution in [2.75, 3.05) is 33.4 Å². The van der Waals surface area contributed by atoms with Gasteiger partial charge in [-0.25, -0.2) is 0 Å². The van der Waals surface area contributed by atoms with Crippen molar-refractivity contribution >= 4 is 17.4 Å².